The van der Waals surface area contributed by atoms with E-state index in [0.717, 1.165) is 32.4 Å². The molecule has 2 aliphatic rings. The van der Waals surface area contributed by atoms with Crippen LogP contribution in [0.2, 0.25) is 0 Å². The summed E-state index contributed by atoms with van der Waals surface area (Å²) in [4.78, 5) is 14.2. The van der Waals surface area contributed by atoms with Gasteiger partial charge >= 0.3 is 6.09 Å². The lowest BCUT2D eigenvalue weighted by molar-refractivity contribution is -0.00357. The quantitative estimate of drug-likeness (QED) is 0.712. The zero-order chi connectivity index (χ0) is 13.4. The van der Waals surface area contributed by atoms with E-state index >= 15 is 0 Å². The van der Waals surface area contributed by atoms with E-state index in [1.807, 2.05) is 25.7 Å². The molecule has 2 rings (SSSR count). The number of hydrogen-bond acceptors (Lipinski definition) is 3. The molecule has 4 nitrogen and oxygen atoms in total. The van der Waals surface area contributed by atoms with Gasteiger partial charge in [0.2, 0.25) is 0 Å². The minimum absolute atomic E-state index is 0.0860. The molecular weight excluding hydrogens is 230 g/mol. The SMILES string of the molecule is CC[C@@]1([C@H]2CCCCN2C(=O)OC(C)(C)C)CO1. The van der Waals surface area contributed by atoms with E-state index in [2.05, 4.69) is 6.92 Å². The first-order valence-corrected chi connectivity index (χ1v) is 7.01. The highest BCUT2D eigenvalue weighted by Gasteiger charge is 2.54. The maximum absolute atomic E-state index is 12.3. The topological polar surface area (TPSA) is 42.1 Å². The molecule has 0 radical (unpaired) electrons. The van der Waals surface area contributed by atoms with Gasteiger partial charge in [-0.2, -0.15) is 0 Å². The van der Waals surface area contributed by atoms with Gasteiger partial charge in [0.1, 0.15) is 11.2 Å². The molecule has 2 atom stereocenters. The third-order valence-electron chi connectivity index (χ3n) is 3.85. The average Bonchev–Trinajstić information content (AvgIpc) is 3.07. The standard InChI is InChI=1S/C14H25NO3/c1-5-14(10-17-14)11-8-6-7-9-15(11)12(16)18-13(2,3)4/h11H,5-10H2,1-4H3/t11-,14+/m1/s1. The Hall–Kier alpha value is -0.770. The number of amides is 1. The van der Waals surface area contributed by atoms with E-state index in [1.165, 1.54) is 6.42 Å². The molecule has 0 spiro atoms. The normalized spacial score (nSPS) is 32.2. The van der Waals surface area contributed by atoms with Crippen molar-refractivity contribution in [3.05, 3.63) is 0 Å². The summed E-state index contributed by atoms with van der Waals surface area (Å²) in [6, 6.07) is 0.200. The Balaban J connectivity index is 2.06. The van der Waals surface area contributed by atoms with Crippen LogP contribution in [0, 0.1) is 0 Å². The Morgan fingerprint density at radius 3 is 2.61 bits per heavy atom. The van der Waals surface area contributed by atoms with Gasteiger partial charge in [0.05, 0.1) is 12.6 Å². The molecule has 1 amide bonds. The summed E-state index contributed by atoms with van der Waals surface area (Å²) in [5.74, 6) is 0. The lowest BCUT2D eigenvalue weighted by atomic mass is 9.89. The van der Waals surface area contributed by atoms with Crippen LogP contribution in [-0.4, -0.2) is 41.4 Å². The predicted molar refractivity (Wildman–Crippen MR) is 69.6 cm³/mol. The fraction of sp³-hybridized carbons (Fsp3) is 0.929. The summed E-state index contributed by atoms with van der Waals surface area (Å²) in [5.41, 5.74) is -0.514. The predicted octanol–water partition coefficient (Wildman–Crippen LogP) is 2.96. The van der Waals surface area contributed by atoms with Gasteiger partial charge in [-0.3, -0.25) is 0 Å². The van der Waals surface area contributed by atoms with Gasteiger partial charge in [0.25, 0.3) is 0 Å². The van der Waals surface area contributed by atoms with Crippen LogP contribution in [0.1, 0.15) is 53.4 Å². The van der Waals surface area contributed by atoms with Gasteiger partial charge in [-0.15, -0.1) is 0 Å². The minimum atomic E-state index is -0.428. The summed E-state index contributed by atoms with van der Waals surface area (Å²) in [7, 11) is 0. The summed E-state index contributed by atoms with van der Waals surface area (Å²) < 4.78 is 11.2. The molecule has 0 aliphatic carbocycles. The number of piperidine rings is 1. The fourth-order valence-electron chi connectivity index (χ4n) is 2.74. The van der Waals surface area contributed by atoms with E-state index in [-0.39, 0.29) is 17.7 Å². The van der Waals surface area contributed by atoms with Crippen LogP contribution in [0.4, 0.5) is 4.79 Å². The number of nitrogens with zero attached hydrogens (tertiary/aromatic N) is 1. The molecule has 0 saturated carbocycles. The smallest absolute Gasteiger partial charge is 0.410 e. The first-order valence-electron chi connectivity index (χ1n) is 7.01. The Bertz CT molecular complexity index is 317. The molecule has 4 heteroatoms. The summed E-state index contributed by atoms with van der Waals surface area (Å²) in [6.45, 7) is 9.44. The van der Waals surface area contributed by atoms with E-state index < -0.39 is 5.60 Å². The summed E-state index contributed by atoms with van der Waals surface area (Å²) in [6.07, 6.45) is 4.06. The van der Waals surface area contributed by atoms with Crippen LogP contribution in [0.15, 0.2) is 0 Å². The van der Waals surface area contributed by atoms with Crippen LogP contribution in [-0.2, 0) is 9.47 Å². The van der Waals surface area contributed by atoms with Crippen LogP contribution in [0.5, 0.6) is 0 Å². The molecule has 0 unspecified atom stereocenters. The van der Waals surface area contributed by atoms with Crippen molar-refractivity contribution in [1.29, 1.82) is 0 Å². The van der Waals surface area contributed by atoms with E-state index in [1.54, 1.807) is 0 Å². The number of rotatable bonds is 2. The third kappa shape index (κ3) is 2.79. The van der Waals surface area contributed by atoms with Crippen molar-refractivity contribution in [2.24, 2.45) is 0 Å². The van der Waals surface area contributed by atoms with Crippen molar-refractivity contribution in [3.8, 4) is 0 Å². The van der Waals surface area contributed by atoms with Gasteiger partial charge in [-0.05, 0) is 46.5 Å². The van der Waals surface area contributed by atoms with Crippen LogP contribution in [0.25, 0.3) is 0 Å². The van der Waals surface area contributed by atoms with Gasteiger partial charge in [-0.25, -0.2) is 4.79 Å². The largest absolute Gasteiger partial charge is 0.444 e. The van der Waals surface area contributed by atoms with Crippen molar-refractivity contribution < 1.29 is 14.3 Å². The molecule has 0 N–H and O–H groups in total. The van der Waals surface area contributed by atoms with Crippen molar-refractivity contribution in [2.45, 2.75) is 70.6 Å². The number of ether oxygens (including phenoxy) is 2. The van der Waals surface area contributed by atoms with E-state index in [4.69, 9.17) is 9.47 Å². The molecular formula is C14H25NO3. The van der Waals surface area contributed by atoms with E-state index in [9.17, 15) is 4.79 Å². The monoisotopic (exact) mass is 255 g/mol. The average molecular weight is 255 g/mol. The molecule has 18 heavy (non-hydrogen) atoms. The number of carbonyl (C=O) groups excluding carboxylic acids is 1. The molecule has 0 aromatic rings. The highest BCUT2D eigenvalue weighted by atomic mass is 16.6. The molecule has 0 aromatic carbocycles. The van der Waals surface area contributed by atoms with Crippen LogP contribution in [0.3, 0.4) is 0 Å². The minimum Gasteiger partial charge on any atom is -0.444 e. The number of hydrogen-bond donors (Lipinski definition) is 0. The Labute approximate surface area is 110 Å². The molecule has 2 saturated heterocycles. The lowest BCUT2D eigenvalue weighted by Gasteiger charge is -2.39. The fourth-order valence-corrected chi connectivity index (χ4v) is 2.74. The molecule has 0 bridgehead atoms. The highest BCUT2D eigenvalue weighted by molar-refractivity contribution is 5.69. The van der Waals surface area contributed by atoms with Gasteiger partial charge in [0.15, 0.2) is 0 Å². The Morgan fingerprint density at radius 2 is 2.11 bits per heavy atom. The van der Waals surface area contributed by atoms with Crippen molar-refractivity contribution in [3.63, 3.8) is 0 Å². The van der Waals surface area contributed by atoms with Gasteiger partial charge in [-0.1, -0.05) is 6.92 Å². The van der Waals surface area contributed by atoms with Crippen molar-refractivity contribution >= 4 is 6.09 Å². The van der Waals surface area contributed by atoms with Crippen molar-refractivity contribution in [2.75, 3.05) is 13.2 Å². The van der Waals surface area contributed by atoms with Crippen LogP contribution < -0.4 is 0 Å². The number of carbonyl (C=O) groups is 1. The Morgan fingerprint density at radius 1 is 1.44 bits per heavy atom. The molecule has 2 aliphatic heterocycles. The van der Waals surface area contributed by atoms with Gasteiger partial charge < -0.3 is 14.4 Å². The lowest BCUT2D eigenvalue weighted by Crippen LogP contribution is -2.52. The second-order valence-electron chi connectivity index (χ2n) is 6.39. The molecule has 0 aromatic heterocycles. The maximum Gasteiger partial charge on any atom is 0.410 e. The van der Waals surface area contributed by atoms with Crippen LogP contribution >= 0.6 is 0 Å². The summed E-state index contributed by atoms with van der Waals surface area (Å²) in [5, 5.41) is 0. The van der Waals surface area contributed by atoms with Crippen molar-refractivity contribution in [1.82, 2.24) is 4.90 Å². The zero-order valence-electron chi connectivity index (χ0n) is 12.0. The first-order chi connectivity index (χ1) is 8.38. The summed E-state index contributed by atoms with van der Waals surface area (Å²) >= 11 is 0. The van der Waals surface area contributed by atoms with E-state index in [0.29, 0.717) is 0 Å². The number of likely N-dealkylation sites (tertiary alicyclic amines) is 1. The molecule has 104 valence electrons. The second-order valence-corrected chi connectivity index (χ2v) is 6.39. The third-order valence-corrected chi connectivity index (χ3v) is 3.85. The molecule has 2 fully saturated rings. The second kappa shape index (κ2) is 4.72. The zero-order valence-corrected chi connectivity index (χ0v) is 12.0. The number of epoxide rings is 1. The highest BCUT2D eigenvalue weighted by Crippen LogP contribution is 2.41. The maximum atomic E-state index is 12.3. The first kappa shape index (κ1) is 13.7. The van der Waals surface area contributed by atoms with Gasteiger partial charge in [0, 0.05) is 6.54 Å². The molecule has 2 heterocycles. The Kier molecular flexibility index (Phi) is 3.58.